The molecule has 0 spiro atoms. The molecule has 0 unspecified atom stereocenters. The van der Waals surface area contributed by atoms with Crippen molar-refractivity contribution in [3.63, 3.8) is 0 Å². The zero-order valence-corrected chi connectivity index (χ0v) is 9.82. The lowest BCUT2D eigenvalue weighted by Gasteiger charge is -2.12. The van der Waals surface area contributed by atoms with Crippen LogP contribution in [0.5, 0.6) is 5.75 Å². The van der Waals surface area contributed by atoms with Gasteiger partial charge in [-0.15, -0.1) is 0 Å². The first-order valence-corrected chi connectivity index (χ1v) is 5.68. The first kappa shape index (κ1) is 11.7. The van der Waals surface area contributed by atoms with Gasteiger partial charge in [0.2, 0.25) is 5.91 Å². The molecular weight excluding hydrogens is 218 g/mol. The van der Waals surface area contributed by atoms with Gasteiger partial charge in [-0.05, 0) is 31.5 Å². The van der Waals surface area contributed by atoms with E-state index in [1.165, 1.54) is 0 Å². The van der Waals surface area contributed by atoms with Crippen molar-refractivity contribution in [2.45, 2.75) is 18.9 Å². The van der Waals surface area contributed by atoms with Crippen LogP contribution in [0.3, 0.4) is 0 Å². The van der Waals surface area contributed by atoms with Crippen LogP contribution in [0, 0.1) is 0 Å². The van der Waals surface area contributed by atoms with Gasteiger partial charge in [-0.25, -0.2) is 0 Å². The Morgan fingerprint density at radius 2 is 2.41 bits per heavy atom. The number of nitrogens with two attached hydrogens (primary N) is 1. The van der Waals surface area contributed by atoms with Crippen molar-refractivity contribution in [1.29, 1.82) is 0 Å². The van der Waals surface area contributed by atoms with Crippen LogP contribution in [0.1, 0.15) is 12.8 Å². The first-order chi connectivity index (χ1) is 8.20. The highest BCUT2D eigenvalue weighted by Crippen LogP contribution is 2.25. The van der Waals surface area contributed by atoms with Gasteiger partial charge in [0.25, 0.3) is 0 Å². The molecule has 0 radical (unpaired) electrons. The summed E-state index contributed by atoms with van der Waals surface area (Å²) in [5.41, 5.74) is 6.97. The van der Waals surface area contributed by atoms with Crippen molar-refractivity contribution in [2.24, 2.45) is 0 Å². The molecular formula is C12H17N3O2. The Labute approximate surface area is 100 Å². The molecule has 1 atom stereocenters. The number of rotatable bonds is 3. The summed E-state index contributed by atoms with van der Waals surface area (Å²) in [5.74, 6) is 0.566. The monoisotopic (exact) mass is 235 g/mol. The summed E-state index contributed by atoms with van der Waals surface area (Å²) < 4.78 is 5.10. The predicted octanol–water partition coefficient (Wildman–Crippen LogP) is 0.968. The summed E-state index contributed by atoms with van der Waals surface area (Å²) in [7, 11) is 1.55. The molecule has 1 saturated heterocycles. The second-order valence-corrected chi connectivity index (χ2v) is 4.09. The highest BCUT2D eigenvalue weighted by Gasteiger charge is 2.21. The van der Waals surface area contributed by atoms with Crippen molar-refractivity contribution >= 4 is 17.3 Å². The van der Waals surface area contributed by atoms with E-state index in [0.29, 0.717) is 17.1 Å². The molecule has 92 valence electrons. The summed E-state index contributed by atoms with van der Waals surface area (Å²) in [6.07, 6.45) is 1.93. The van der Waals surface area contributed by atoms with Crippen LogP contribution in [0.15, 0.2) is 18.2 Å². The molecule has 0 saturated carbocycles. The van der Waals surface area contributed by atoms with E-state index in [1.807, 2.05) is 0 Å². The van der Waals surface area contributed by atoms with Crippen LogP contribution < -0.4 is 21.1 Å². The zero-order chi connectivity index (χ0) is 12.3. The molecule has 17 heavy (non-hydrogen) atoms. The molecule has 1 aliphatic heterocycles. The third-order valence-corrected chi connectivity index (χ3v) is 2.88. The number of hydrogen-bond donors (Lipinski definition) is 3. The number of carbonyl (C=O) groups excluding carboxylic acids is 1. The van der Waals surface area contributed by atoms with Gasteiger partial charge in [0.15, 0.2) is 0 Å². The average Bonchev–Trinajstić information content (AvgIpc) is 2.85. The summed E-state index contributed by atoms with van der Waals surface area (Å²) in [6.45, 7) is 0.906. The van der Waals surface area contributed by atoms with Gasteiger partial charge in [-0.1, -0.05) is 0 Å². The van der Waals surface area contributed by atoms with Gasteiger partial charge in [0.05, 0.1) is 18.8 Å². The fourth-order valence-electron chi connectivity index (χ4n) is 1.93. The van der Waals surface area contributed by atoms with E-state index >= 15 is 0 Å². The number of ether oxygens (including phenoxy) is 1. The largest absolute Gasteiger partial charge is 0.495 e. The van der Waals surface area contributed by atoms with Crippen LogP contribution >= 0.6 is 0 Å². The number of benzene rings is 1. The van der Waals surface area contributed by atoms with Crippen molar-refractivity contribution in [3.8, 4) is 5.75 Å². The lowest BCUT2D eigenvalue weighted by atomic mass is 10.2. The van der Waals surface area contributed by atoms with Crippen LogP contribution in [-0.4, -0.2) is 25.6 Å². The predicted molar refractivity (Wildman–Crippen MR) is 67.1 cm³/mol. The third kappa shape index (κ3) is 2.68. The summed E-state index contributed by atoms with van der Waals surface area (Å²) in [6, 6.07) is 5.13. The second kappa shape index (κ2) is 5.05. The molecule has 1 aromatic carbocycles. The molecule has 0 aromatic heterocycles. The van der Waals surface area contributed by atoms with E-state index in [0.717, 1.165) is 19.4 Å². The Kier molecular flexibility index (Phi) is 3.49. The highest BCUT2D eigenvalue weighted by molar-refractivity contribution is 5.95. The number of amides is 1. The fourth-order valence-corrected chi connectivity index (χ4v) is 1.93. The van der Waals surface area contributed by atoms with Crippen molar-refractivity contribution < 1.29 is 9.53 Å². The van der Waals surface area contributed by atoms with Crippen LogP contribution in [0.25, 0.3) is 0 Å². The fraction of sp³-hybridized carbons (Fsp3) is 0.417. The Hall–Kier alpha value is -1.75. The normalized spacial score (nSPS) is 19.0. The van der Waals surface area contributed by atoms with Gasteiger partial charge in [-0.2, -0.15) is 0 Å². The maximum atomic E-state index is 11.9. The number of hydrogen-bond acceptors (Lipinski definition) is 4. The summed E-state index contributed by atoms with van der Waals surface area (Å²) >= 11 is 0. The molecule has 1 aliphatic rings. The number of nitrogens with one attached hydrogen (secondary N) is 2. The maximum absolute atomic E-state index is 11.9. The minimum atomic E-state index is -0.0847. The van der Waals surface area contributed by atoms with Gasteiger partial charge >= 0.3 is 0 Å². The van der Waals surface area contributed by atoms with Crippen molar-refractivity contribution in [3.05, 3.63) is 18.2 Å². The Balaban J connectivity index is 2.05. The Bertz CT molecular complexity index is 414. The van der Waals surface area contributed by atoms with Crippen LogP contribution in [0.2, 0.25) is 0 Å². The Morgan fingerprint density at radius 1 is 1.59 bits per heavy atom. The van der Waals surface area contributed by atoms with E-state index in [9.17, 15) is 4.79 Å². The molecule has 1 heterocycles. The van der Waals surface area contributed by atoms with E-state index in [-0.39, 0.29) is 11.9 Å². The minimum absolute atomic E-state index is 0.00526. The van der Waals surface area contributed by atoms with Gasteiger partial charge < -0.3 is 21.1 Å². The topological polar surface area (TPSA) is 76.4 Å². The number of nitrogen functional groups attached to an aromatic ring is 1. The van der Waals surface area contributed by atoms with E-state index in [1.54, 1.807) is 25.3 Å². The lowest BCUT2D eigenvalue weighted by Crippen LogP contribution is -2.35. The molecule has 0 bridgehead atoms. The highest BCUT2D eigenvalue weighted by atomic mass is 16.5. The van der Waals surface area contributed by atoms with Crippen LogP contribution in [-0.2, 0) is 4.79 Å². The average molecular weight is 235 g/mol. The van der Waals surface area contributed by atoms with Crippen LogP contribution in [0.4, 0.5) is 11.4 Å². The molecule has 1 aromatic rings. The molecule has 1 fully saturated rings. The molecule has 1 amide bonds. The smallest absolute Gasteiger partial charge is 0.241 e. The van der Waals surface area contributed by atoms with E-state index in [4.69, 9.17) is 10.5 Å². The molecule has 5 heteroatoms. The number of methoxy groups -OCH3 is 1. The van der Waals surface area contributed by atoms with Gasteiger partial charge in [0.1, 0.15) is 5.75 Å². The zero-order valence-electron chi connectivity index (χ0n) is 9.82. The van der Waals surface area contributed by atoms with Gasteiger partial charge in [-0.3, -0.25) is 4.79 Å². The molecule has 4 N–H and O–H groups in total. The lowest BCUT2D eigenvalue weighted by molar-refractivity contribution is -0.117. The van der Waals surface area contributed by atoms with E-state index in [2.05, 4.69) is 10.6 Å². The first-order valence-electron chi connectivity index (χ1n) is 5.68. The van der Waals surface area contributed by atoms with Crippen molar-refractivity contribution in [1.82, 2.24) is 5.32 Å². The van der Waals surface area contributed by atoms with E-state index < -0.39 is 0 Å². The summed E-state index contributed by atoms with van der Waals surface area (Å²) in [4.78, 5) is 11.9. The molecule has 0 aliphatic carbocycles. The van der Waals surface area contributed by atoms with Gasteiger partial charge in [0, 0.05) is 11.8 Å². The van der Waals surface area contributed by atoms with Crippen molar-refractivity contribution in [2.75, 3.05) is 24.7 Å². The summed E-state index contributed by atoms with van der Waals surface area (Å²) in [5, 5.41) is 6.00. The second-order valence-electron chi connectivity index (χ2n) is 4.09. The molecule has 2 rings (SSSR count). The number of anilines is 2. The third-order valence-electron chi connectivity index (χ3n) is 2.88. The SMILES string of the molecule is COc1cc(NC(=O)[C@H]2CCCN2)ccc1N. The molecule has 5 nitrogen and oxygen atoms in total. The maximum Gasteiger partial charge on any atom is 0.241 e. The minimum Gasteiger partial charge on any atom is -0.495 e. The standard InChI is InChI=1S/C12H17N3O2/c1-17-11-7-8(4-5-9(11)13)15-12(16)10-3-2-6-14-10/h4-5,7,10,14H,2-3,6,13H2,1H3,(H,15,16)/t10-/m1/s1. The Morgan fingerprint density at radius 3 is 3.06 bits per heavy atom. The quantitative estimate of drug-likeness (QED) is 0.682. The number of carbonyl (C=O) groups is 1.